The van der Waals surface area contributed by atoms with E-state index in [0.29, 0.717) is 6.42 Å². The van der Waals surface area contributed by atoms with Crippen LogP contribution in [0.3, 0.4) is 0 Å². The molecule has 4 rings (SSSR count). The van der Waals surface area contributed by atoms with Crippen molar-refractivity contribution in [3.05, 3.63) is 53.4 Å². The van der Waals surface area contributed by atoms with Crippen molar-refractivity contribution in [2.45, 2.75) is 88.6 Å². The second-order valence-electron chi connectivity index (χ2n) is 11.7. The number of halogens is 3. The second kappa shape index (κ2) is 10.8. The molecule has 0 N–H and O–H groups in total. The average Bonchev–Trinajstić information content (AvgIpc) is 3.27. The highest BCUT2D eigenvalue weighted by atomic mass is 32.2. The Hall–Kier alpha value is -3.35. The molecule has 2 aromatic heterocycles. The van der Waals surface area contributed by atoms with Gasteiger partial charge in [-0.1, -0.05) is 0 Å². The van der Waals surface area contributed by atoms with Gasteiger partial charge in [-0.15, -0.1) is 0 Å². The number of ketones is 1. The van der Waals surface area contributed by atoms with Crippen LogP contribution in [0.5, 0.6) is 5.75 Å². The van der Waals surface area contributed by atoms with Gasteiger partial charge < -0.3 is 9.47 Å². The molecule has 2 aliphatic heterocycles. The minimum atomic E-state index is -3.04. The molecule has 2 aromatic rings. The maximum absolute atomic E-state index is 15.5. The summed E-state index contributed by atoms with van der Waals surface area (Å²) < 4.78 is 67.9. The summed E-state index contributed by atoms with van der Waals surface area (Å²) in [6.07, 6.45) is 0.865. The number of ether oxygens (including phenoxy) is 2. The van der Waals surface area contributed by atoms with Crippen LogP contribution in [-0.2, 0) is 31.2 Å². The number of rotatable bonds is 8. The topological polar surface area (TPSA) is 120 Å². The maximum atomic E-state index is 15.5. The first kappa shape index (κ1) is 30.6. The number of alkyl halides is 2. The van der Waals surface area contributed by atoms with E-state index in [4.69, 9.17) is 9.73 Å². The number of hydrogen-bond acceptors (Lipinski definition) is 9. The van der Waals surface area contributed by atoms with Gasteiger partial charge in [0.2, 0.25) is 0 Å². The Kier molecular flexibility index (Phi) is 8.07. The van der Waals surface area contributed by atoms with E-state index in [1.807, 2.05) is 0 Å². The van der Waals surface area contributed by atoms with Gasteiger partial charge >= 0.3 is 12.6 Å². The van der Waals surface area contributed by atoms with E-state index in [0.717, 1.165) is 6.20 Å². The Labute approximate surface area is 237 Å². The van der Waals surface area contributed by atoms with Gasteiger partial charge in [-0.2, -0.15) is 8.78 Å². The first-order valence-electron chi connectivity index (χ1n) is 13.1. The lowest BCUT2D eigenvalue weighted by molar-refractivity contribution is -0.153. The zero-order valence-electron chi connectivity index (χ0n) is 23.7. The third kappa shape index (κ3) is 6.00. The molecule has 13 heteroatoms. The third-order valence-corrected chi connectivity index (χ3v) is 10.9. The van der Waals surface area contributed by atoms with Crippen LogP contribution in [0.4, 0.5) is 13.2 Å². The molecule has 41 heavy (non-hydrogen) atoms. The largest absolute Gasteiger partial charge is 0.460 e. The number of Topliss-reactive ketones (excluding diaryl/α,β-unsaturated/α-hetero) is 1. The van der Waals surface area contributed by atoms with Crippen LogP contribution < -0.4 is 4.74 Å². The van der Waals surface area contributed by atoms with Gasteiger partial charge in [-0.05, 0) is 72.2 Å². The van der Waals surface area contributed by atoms with Gasteiger partial charge in [0.1, 0.15) is 34.1 Å². The van der Waals surface area contributed by atoms with E-state index in [2.05, 4.69) is 19.1 Å². The standard InChI is InChI=1S/C28H33F3N4O5S/c1-26(2,3)40-23(37)14-21-27(4,5)41(38)22(11-12-33-41)28(6,35-21)24-18(29)9-7-16(34-24)13-20(36)19-10-8-17(15-32-19)39-25(30)31/h7-10,15,22,25H,11-14H2,1-6H3/t22-,28+,41+/m1/s1. The Morgan fingerprint density at radius 3 is 2.44 bits per heavy atom. The van der Waals surface area contributed by atoms with Crippen LogP contribution in [0.15, 0.2) is 39.8 Å². The van der Waals surface area contributed by atoms with Gasteiger partial charge in [0.15, 0.2) is 5.78 Å². The lowest BCUT2D eigenvalue weighted by Crippen LogP contribution is -2.56. The molecule has 0 bridgehead atoms. The lowest BCUT2D eigenvalue weighted by Gasteiger charge is -2.45. The average molecular weight is 595 g/mol. The summed E-state index contributed by atoms with van der Waals surface area (Å²) in [7, 11) is -3.04. The molecule has 4 heterocycles. The highest BCUT2D eigenvalue weighted by molar-refractivity contribution is 7.96. The normalized spacial score (nSPS) is 25.2. The summed E-state index contributed by atoms with van der Waals surface area (Å²) in [4.78, 5) is 38.9. The van der Waals surface area contributed by atoms with E-state index >= 15 is 4.39 Å². The van der Waals surface area contributed by atoms with Crippen LogP contribution >= 0.6 is 0 Å². The second-order valence-corrected chi connectivity index (χ2v) is 14.7. The number of carbonyl (C=O) groups is 2. The quantitative estimate of drug-likeness (QED) is 0.309. The molecule has 0 aliphatic carbocycles. The molecule has 0 fully saturated rings. The molecule has 0 saturated carbocycles. The van der Waals surface area contributed by atoms with E-state index in [-0.39, 0.29) is 47.9 Å². The summed E-state index contributed by atoms with van der Waals surface area (Å²) in [5.41, 5.74) is -1.83. The van der Waals surface area contributed by atoms with E-state index in [1.165, 1.54) is 24.3 Å². The fraction of sp³-hybridized carbons (Fsp3) is 0.536. The summed E-state index contributed by atoms with van der Waals surface area (Å²) in [6.45, 7) is 7.54. The fourth-order valence-corrected chi connectivity index (χ4v) is 8.46. The molecule has 222 valence electrons. The van der Waals surface area contributed by atoms with Crippen molar-refractivity contribution >= 4 is 27.2 Å². The smallest absolute Gasteiger partial charge is 0.387 e. The maximum Gasteiger partial charge on any atom is 0.387 e. The zero-order chi connectivity index (χ0) is 30.4. The molecule has 0 spiro atoms. The van der Waals surface area contributed by atoms with Crippen LogP contribution in [0.1, 0.15) is 76.3 Å². The number of aromatic nitrogens is 2. The van der Waals surface area contributed by atoms with Gasteiger partial charge in [0.25, 0.3) is 0 Å². The zero-order valence-corrected chi connectivity index (χ0v) is 24.6. The SMILES string of the molecule is CC(C)(C)OC(=O)CC1=N[C@](C)(c2nc(CC(=O)c3ccc(OC(F)F)cn3)ccc2F)[C@H]2CCN=[S@@]2(=O)C1(C)C. The van der Waals surface area contributed by atoms with Crippen molar-refractivity contribution in [3.8, 4) is 5.75 Å². The minimum Gasteiger partial charge on any atom is -0.460 e. The van der Waals surface area contributed by atoms with Crippen molar-refractivity contribution in [3.63, 3.8) is 0 Å². The minimum absolute atomic E-state index is 0.0137. The van der Waals surface area contributed by atoms with Crippen LogP contribution in [0, 0.1) is 5.82 Å². The van der Waals surface area contributed by atoms with Gasteiger partial charge in [-0.25, -0.2) is 17.9 Å². The van der Waals surface area contributed by atoms with Crippen molar-refractivity contribution in [1.29, 1.82) is 0 Å². The number of pyridine rings is 2. The van der Waals surface area contributed by atoms with Gasteiger partial charge in [0.05, 0.1) is 38.8 Å². The number of aliphatic imine (C=N–C) groups is 1. The molecule has 2 aliphatic rings. The van der Waals surface area contributed by atoms with Crippen molar-refractivity contribution < 1.29 is 36.4 Å². The van der Waals surface area contributed by atoms with Crippen LogP contribution in [0.2, 0.25) is 0 Å². The van der Waals surface area contributed by atoms with Crippen LogP contribution in [-0.4, -0.2) is 60.4 Å². The number of nitrogens with zero attached hydrogens (tertiary/aromatic N) is 4. The number of carbonyl (C=O) groups excluding carboxylic acids is 2. The van der Waals surface area contributed by atoms with Gasteiger partial charge in [-0.3, -0.25) is 19.6 Å². The monoisotopic (exact) mass is 594 g/mol. The first-order valence-corrected chi connectivity index (χ1v) is 14.7. The number of hydrogen-bond donors (Lipinski definition) is 0. The molecular weight excluding hydrogens is 561 g/mol. The fourth-order valence-electron chi connectivity index (χ4n) is 5.20. The molecule has 0 unspecified atom stereocenters. The van der Waals surface area contributed by atoms with Gasteiger partial charge in [0, 0.05) is 18.0 Å². The summed E-state index contributed by atoms with van der Waals surface area (Å²) in [5, 5.41) is -0.690. The van der Waals surface area contributed by atoms with Crippen molar-refractivity contribution in [1.82, 2.24) is 9.97 Å². The molecule has 3 atom stereocenters. The highest BCUT2D eigenvalue weighted by Crippen LogP contribution is 2.48. The van der Waals surface area contributed by atoms with E-state index in [1.54, 1.807) is 41.5 Å². The number of esters is 1. The molecule has 0 amide bonds. The Balaban J connectivity index is 1.71. The van der Waals surface area contributed by atoms with Crippen molar-refractivity contribution in [2.75, 3.05) is 6.54 Å². The Bertz CT molecular complexity index is 1510. The molecule has 0 saturated heterocycles. The summed E-state index contributed by atoms with van der Waals surface area (Å²) in [6, 6.07) is 4.96. The predicted molar refractivity (Wildman–Crippen MR) is 146 cm³/mol. The summed E-state index contributed by atoms with van der Waals surface area (Å²) >= 11 is 0. The molecule has 0 radical (unpaired) electrons. The van der Waals surface area contributed by atoms with E-state index in [9.17, 15) is 22.6 Å². The van der Waals surface area contributed by atoms with E-state index < -0.39 is 55.0 Å². The third-order valence-electron chi connectivity index (χ3n) is 7.18. The first-order chi connectivity index (χ1) is 19.0. The Morgan fingerprint density at radius 1 is 1.12 bits per heavy atom. The highest BCUT2D eigenvalue weighted by Gasteiger charge is 2.58. The molecule has 0 aromatic carbocycles. The summed E-state index contributed by atoms with van der Waals surface area (Å²) in [5.74, 6) is -1.94. The predicted octanol–water partition coefficient (Wildman–Crippen LogP) is 5.06. The number of fused-ring (bicyclic) bond motifs is 1. The lowest BCUT2D eigenvalue weighted by atomic mass is 9.88. The van der Waals surface area contributed by atoms with Crippen LogP contribution in [0.25, 0.3) is 0 Å². The molecular formula is C28H33F3N4O5S. The molecule has 9 nitrogen and oxygen atoms in total. The Morgan fingerprint density at radius 2 is 1.83 bits per heavy atom. The van der Waals surface area contributed by atoms with Crippen molar-refractivity contribution in [2.24, 2.45) is 9.36 Å².